The van der Waals surface area contributed by atoms with Gasteiger partial charge in [0.1, 0.15) is 23.3 Å². The summed E-state index contributed by atoms with van der Waals surface area (Å²) in [5.41, 5.74) is -0.648. The minimum absolute atomic E-state index is 0.218. The highest BCUT2D eigenvalue weighted by Crippen LogP contribution is 1.88. The molecule has 2 N–H and O–H groups in total. The van der Waals surface area contributed by atoms with Crippen molar-refractivity contribution >= 4 is 11.9 Å². The van der Waals surface area contributed by atoms with Gasteiger partial charge in [-0.3, -0.25) is 0 Å². The van der Waals surface area contributed by atoms with Crippen molar-refractivity contribution in [1.29, 1.82) is 10.5 Å². The van der Waals surface area contributed by atoms with Crippen molar-refractivity contribution < 1.29 is 19.8 Å². The maximum atomic E-state index is 9.87. The van der Waals surface area contributed by atoms with Gasteiger partial charge >= 0.3 is 11.9 Å². The van der Waals surface area contributed by atoms with Gasteiger partial charge in [0.25, 0.3) is 0 Å². The first kappa shape index (κ1) is 14.9. The third kappa shape index (κ3) is 7.75. The fourth-order valence-corrected chi connectivity index (χ4v) is 0.284. The van der Waals surface area contributed by atoms with Gasteiger partial charge < -0.3 is 10.2 Å². The quantitative estimate of drug-likeness (QED) is 0.508. The van der Waals surface area contributed by atoms with E-state index in [1.54, 1.807) is 0 Å². The molecule has 0 aromatic carbocycles. The van der Waals surface area contributed by atoms with Crippen molar-refractivity contribution in [3.63, 3.8) is 0 Å². The zero-order valence-electron chi connectivity index (χ0n) is 7.89. The number of nitriles is 2. The van der Waals surface area contributed by atoms with Crippen LogP contribution >= 0.6 is 0 Å². The number of aliphatic carboxylic acids is 2. The van der Waals surface area contributed by atoms with E-state index in [1.165, 1.54) is 25.1 Å². The molecule has 0 saturated carbocycles. The molecule has 0 radical (unpaired) electrons. The average Bonchev–Trinajstić information content (AvgIpc) is 2.18. The van der Waals surface area contributed by atoms with Crippen LogP contribution in [0.3, 0.4) is 0 Å². The Kier molecular flexibility index (Phi) is 7.97. The normalized spacial score (nSPS) is 8.60. The van der Waals surface area contributed by atoms with Crippen LogP contribution in [0.5, 0.6) is 0 Å². The molecule has 0 rings (SSSR count). The highest BCUT2D eigenvalue weighted by atomic mass is 16.4. The monoisotopic (exact) mass is 208 g/mol. The Balaban J connectivity index is 0. The summed E-state index contributed by atoms with van der Waals surface area (Å²) in [5, 5.41) is 31.7. The summed E-state index contributed by atoms with van der Waals surface area (Å²) in [7, 11) is 0. The lowest BCUT2D eigenvalue weighted by molar-refractivity contribution is -0.133. The van der Waals surface area contributed by atoms with E-state index >= 15 is 0 Å². The van der Waals surface area contributed by atoms with Crippen molar-refractivity contribution in [2.24, 2.45) is 0 Å². The number of nitrogens with zero attached hydrogens (tertiary/aromatic N) is 2. The Morgan fingerprint density at radius 1 is 1.20 bits per heavy atom. The zero-order chi connectivity index (χ0) is 12.4. The van der Waals surface area contributed by atoms with E-state index in [0.717, 1.165) is 0 Å². The van der Waals surface area contributed by atoms with Gasteiger partial charge in [0.05, 0.1) is 0 Å². The van der Waals surface area contributed by atoms with Gasteiger partial charge in [-0.2, -0.15) is 10.5 Å². The molecule has 6 nitrogen and oxygen atoms in total. The molecule has 0 amide bonds. The fraction of sp³-hybridized carbons (Fsp3) is 0.111. The van der Waals surface area contributed by atoms with Crippen LogP contribution in [0.15, 0.2) is 23.8 Å². The number of hydrogen-bond acceptors (Lipinski definition) is 4. The summed E-state index contributed by atoms with van der Waals surface area (Å²) in [4.78, 5) is 19.5. The molecule has 0 aliphatic rings. The number of carboxylic acids is 2. The smallest absolute Gasteiger partial charge is 0.346 e. The molecule has 0 fully saturated rings. The van der Waals surface area contributed by atoms with E-state index in [4.69, 9.17) is 20.7 Å². The Labute approximate surface area is 86.0 Å². The highest BCUT2D eigenvalue weighted by molar-refractivity contribution is 5.90. The molecule has 0 spiro atoms. The standard InChI is InChI=1S/C5H5NO2.C4H3NO2/c1-2-4(3-6)5(7)8;1-3(2-5)4(6)7/h2H,1H3,(H,7,8);1H2,(H,6,7). The Morgan fingerprint density at radius 3 is 1.67 bits per heavy atom. The maximum Gasteiger partial charge on any atom is 0.346 e. The van der Waals surface area contributed by atoms with Crippen LogP contribution in [-0.4, -0.2) is 22.2 Å². The van der Waals surface area contributed by atoms with E-state index in [9.17, 15) is 9.59 Å². The van der Waals surface area contributed by atoms with Crippen LogP contribution in [0, 0.1) is 22.7 Å². The van der Waals surface area contributed by atoms with Crippen molar-refractivity contribution in [2.45, 2.75) is 6.92 Å². The van der Waals surface area contributed by atoms with Gasteiger partial charge in [0.15, 0.2) is 0 Å². The van der Waals surface area contributed by atoms with Crippen molar-refractivity contribution in [1.82, 2.24) is 0 Å². The number of carbonyl (C=O) groups is 2. The van der Waals surface area contributed by atoms with Crippen LogP contribution in [0.1, 0.15) is 6.92 Å². The molecule has 0 bridgehead atoms. The fourth-order valence-electron chi connectivity index (χ4n) is 0.284. The van der Waals surface area contributed by atoms with Gasteiger partial charge in [-0.05, 0) is 6.92 Å². The van der Waals surface area contributed by atoms with E-state index in [2.05, 4.69) is 6.58 Å². The molecule has 0 aliphatic heterocycles. The lowest BCUT2D eigenvalue weighted by Crippen LogP contribution is -1.96. The summed E-state index contributed by atoms with van der Waals surface area (Å²) < 4.78 is 0. The molecule has 0 unspecified atom stereocenters. The van der Waals surface area contributed by atoms with Crippen LogP contribution in [0.4, 0.5) is 0 Å². The van der Waals surface area contributed by atoms with E-state index in [1.807, 2.05) is 0 Å². The number of carboxylic acid groups (broad SMARTS) is 2. The van der Waals surface area contributed by atoms with Crippen LogP contribution in [0.25, 0.3) is 0 Å². The summed E-state index contributed by atoms with van der Waals surface area (Å²) in [5.74, 6) is -2.43. The number of rotatable bonds is 2. The molecule has 6 heteroatoms. The van der Waals surface area contributed by atoms with Gasteiger partial charge in [0.2, 0.25) is 0 Å². The van der Waals surface area contributed by atoms with Crippen LogP contribution < -0.4 is 0 Å². The average molecular weight is 208 g/mol. The van der Waals surface area contributed by atoms with Crippen molar-refractivity contribution in [3.05, 3.63) is 23.8 Å². The molecule has 0 saturated heterocycles. The van der Waals surface area contributed by atoms with Crippen LogP contribution in [-0.2, 0) is 9.59 Å². The zero-order valence-corrected chi connectivity index (χ0v) is 7.89. The van der Waals surface area contributed by atoms with Gasteiger partial charge in [-0.15, -0.1) is 0 Å². The van der Waals surface area contributed by atoms with E-state index < -0.39 is 17.5 Å². The Morgan fingerprint density at radius 2 is 1.67 bits per heavy atom. The molecule has 0 aromatic heterocycles. The van der Waals surface area contributed by atoms with Crippen LogP contribution in [0.2, 0.25) is 0 Å². The molecule has 0 atom stereocenters. The van der Waals surface area contributed by atoms with Gasteiger partial charge in [-0.25, -0.2) is 9.59 Å². The summed E-state index contributed by atoms with van der Waals surface area (Å²) in [6.07, 6.45) is 1.25. The third-order valence-corrected chi connectivity index (χ3v) is 1.03. The maximum absolute atomic E-state index is 9.87. The minimum Gasteiger partial charge on any atom is -0.477 e. The molecular weight excluding hydrogens is 200 g/mol. The second kappa shape index (κ2) is 8.02. The predicted molar refractivity (Wildman–Crippen MR) is 49.4 cm³/mol. The molecule has 0 aromatic rings. The largest absolute Gasteiger partial charge is 0.477 e. The van der Waals surface area contributed by atoms with Crippen molar-refractivity contribution in [2.75, 3.05) is 0 Å². The summed E-state index contributed by atoms with van der Waals surface area (Å²) in [6.45, 7) is 4.42. The summed E-state index contributed by atoms with van der Waals surface area (Å²) in [6, 6.07) is 2.88. The second-order valence-corrected chi connectivity index (χ2v) is 2.01. The van der Waals surface area contributed by atoms with E-state index in [-0.39, 0.29) is 5.57 Å². The van der Waals surface area contributed by atoms with Gasteiger partial charge in [0, 0.05) is 0 Å². The lowest BCUT2D eigenvalue weighted by atomic mass is 10.3. The highest BCUT2D eigenvalue weighted by Gasteiger charge is 2.00. The molecule has 0 aliphatic carbocycles. The Hall–Kier alpha value is -2.60. The predicted octanol–water partition coefficient (Wildman–Crippen LogP) is 0.692. The van der Waals surface area contributed by atoms with E-state index in [0.29, 0.717) is 0 Å². The SMILES string of the molecule is C=C(C#N)C(=O)O.CC=C(C#N)C(=O)O. The van der Waals surface area contributed by atoms with Gasteiger partial charge in [-0.1, -0.05) is 12.7 Å². The Bertz CT molecular complexity index is 382. The molecule has 0 heterocycles. The molecular formula is C9H8N2O4. The molecule has 15 heavy (non-hydrogen) atoms. The first-order valence-corrected chi connectivity index (χ1v) is 3.52. The first-order valence-electron chi connectivity index (χ1n) is 3.52. The lowest BCUT2D eigenvalue weighted by Gasteiger charge is -1.80. The summed E-state index contributed by atoms with van der Waals surface area (Å²) >= 11 is 0. The minimum atomic E-state index is -1.26. The number of hydrogen-bond donors (Lipinski definition) is 2. The first-order chi connectivity index (χ1) is 6.90. The molecule has 78 valence electrons. The second-order valence-electron chi connectivity index (χ2n) is 2.01. The van der Waals surface area contributed by atoms with Crippen molar-refractivity contribution in [3.8, 4) is 12.1 Å². The number of allylic oxidation sites excluding steroid dienone is 1. The topological polar surface area (TPSA) is 122 Å². The third-order valence-electron chi connectivity index (χ3n) is 1.03.